The molecule has 0 aromatic rings. The van der Waals surface area contributed by atoms with Gasteiger partial charge in [0.05, 0.1) is 19.0 Å². The lowest BCUT2D eigenvalue weighted by atomic mass is 10.2. The zero-order chi connectivity index (χ0) is 12.3. The first-order valence-corrected chi connectivity index (χ1v) is 8.02. The van der Waals surface area contributed by atoms with Crippen LogP contribution in [-0.2, 0) is 14.6 Å². The van der Waals surface area contributed by atoms with Crippen LogP contribution in [0.2, 0.25) is 0 Å². The molecule has 2 heterocycles. The van der Waals surface area contributed by atoms with Crippen LogP contribution < -0.4 is 10.2 Å². The highest BCUT2D eigenvalue weighted by atomic mass is 32.2. The fourth-order valence-electron chi connectivity index (χ4n) is 2.49. The second-order valence-corrected chi connectivity index (χ2v) is 7.10. The lowest BCUT2D eigenvalue weighted by Crippen LogP contribution is -3.16. The molecule has 2 fully saturated rings. The van der Waals surface area contributed by atoms with Gasteiger partial charge in [0.15, 0.2) is 9.84 Å². The van der Waals surface area contributed by atoms with Crippen LogP contribution in [0.4, 0.5) is 0 Å². The second kappa shape index (κ2) is 5.62. The molecular weight excluding hydrogens is 244 g/mol. The van der Waals surface area contributed by atoms with E-state index in [4.69, 9.17) is 4.74 Å². The van der Waals surface area contributed by atoms with E-state index in [-0.39, 0.29) is 17.5 Å². The Balaban J connectivity index is 1.68. The fraction of sp³-hybridized carbons (Fsp3) is 1.00. The van der Waals surface area contributed by atoms with Gasteiger partial charge in [0.1, 0.15) is 44.1 Å². The normalized spacial score (nSPS) is 33.9. The number of aliphatic hydroxyl groups is 1. The Hall–Kier alpha value is -0.210. The molecule has 0 bridgehead atoms. The van der Waals surface area contributed by atoms with Gasteiger partial charge in [0.25, 0.3) is 0 Å². The van der Waals surface area contributed by atoms with Crippen LogP contribution in [0.15, 0.2) is 0 Å². The highest BCUT2D eigenvalue weighted by Crippen LogP contribution is 2.08. The van der Waals surface area contributed by atoms with Crippen LogP contribution in [0.5, 0.6) is 0 Å². The summed E-state index contributed by atoms with van der Waals surface area (Å²) >= 11 is 0. The molecule has 4 N–H and O–H groups in total. The van der Waals surface area contributed by atoms with Gasteiger partial charge in [-0.05, 0) is 0 Å². The van der Waals surface area contributed by atoms with Crippen molar-refractivity contribution in [3.05, 3.63) is 0 Å². The molecule has 0 radical (unpaired) electrons. The molecule has 6 nitrogen and oxygen atoms in total. The molecule has 2 aliphatic heterocycles. The predicted octanol–water partition coefficient (Wildman–Crippen LogP) is -4.38. The number of nitrogens with two attached hydrogens (primary N) is 1. The summed E-state index contributed by atoms with van der Waals surface area (Å²) in [6.45, 7) is 5.56. The Labute approximate surface area is 102 Å². The summed E-state index contributed by atoms with van der Waals surface area (Å²) in [6, 6.07) is -0.166. The first kappa shape index (κ1) is 13.2. The summed E-state index contributed by atoms with van der Waals surface area (Å²) in [5.74, 6) is 0.0468. The van der Waals surface area contributed by atoms with Gasteiger partial charge in [-0.25, -0.2) is 8.42 Å². The molecule has 0 saturated carbocycles. The summed E-state index contributed by atoms with van der Waals surface area (Å²) in [4.78, 5) is 1.50. The summed E-state index contributed by atoms with van der Waals surface area (Å²) in [6.07, 6.45) is -0.695. The minimum absolute atomic E-state index is 0.0709. The Morgan fingerprint density at radius 2 is 2.00 bits per heavy atom. The van der Waals surface area contributed by atoms with Crippen LogP contribution in [0.25, 0.3) is 0 Å². The van der Waals surface area contributed by atoms with Crippen molar-refractivity contribution in [3.8, 4) is 0 Å². The molecule has 0 aromatic carbocycles. The van der Waals surface area contributed by atoms with E-state index in [9.17, 15) is 13.5 Å². The molecule has 0 spiro atoms. The maximum Gasteiger partial charge on any atom is 0.159 e. The SMILES string of the molecule is O=S1(=O)C[C@H]([NH2+]CC[NH+]2CCOCC2)[C@@H](O)C1. The molecule has 17 heavy (non-hydrogen) atoms. The van der Waals surface area contributed by atoms with Crippen molar-refractivity contribution in [1.82, 2.24) is 0 Å². The van der Waals surface area contributed by atoms with Crippen LogP contribution in [0, 0.1) is 0 Å². The molecule has 100 valence electrons. The van der Waals surface area contributed by atoms with E-state index < -0.39 is 15.9 Å². The van der Waals surface area contributed by atoms with Crippen LogP contribution in [0.3, 0.4) is 0 Å². The third-order valence-corrected chi connectivity index (χ3v) is 5.27. The van der Waals surface area contributed by atoms with Crippen LogP contribution in [-0.4, -0.2) is 76.6 Å². The van der Waals surface area contributed by atoms with Crippen molar-refractivity contribution in [2.45, 2.75) is 12.1 Å². The average Bonchev–Trinajstić information content (AvgIpc) is 2.53. The minimum Gasteiger partial charge on any atom is -0.386 e. The number of morpholine rings is 1. The number of hydrogen-bond acceptors (Lipinski definition) is 4. The van der Waals surface area contributed by atoms with Gasteiger partial charge in [0, 0.05) is 0 Å². The van der Waals surface area contributed by atoms with Crippen molar-refractivity contribution < 1.29 is 28.5 Å². The number of rotatable bonds is 4. The quantitative estimate of drug-likeness (QED) is 0.480. The number of hydrogen-bond donors (Lipinski definition) is 3. The zero-order valence-corrected chi connectivity index (χ0v) is 10.8. The van der Waals surface area contributed by atoms with Gasteiger partial charge >= 0.3 is 0 Å². The summed E-state index contributed by atoms with van der Waals surface area (Å²) in [7, 11) is -3.01. The Morgan fingerprint density at radius 1 is 1.29 bits per heavy atom. The molecule has 0 aliphatic carbocycles. The van der Waals surface area contributed by atoms with Gasteiger partial charge in [-0.15, -0.1) is 0 Å². The fourth-order valence-corrected chi connectivity index (χ4v) is 4.34. The number of nitrogens with one attached hydrogen (secondary N) is 1. The summed E-state index contributed by atoms with van der Waals surface area (Å²) in [5.41, 5.74) is 0. The molecule has 2 atom stereocenters. The van der Waals surface area contributed by atoms with Gasteiger partial charge in [-0.1, -0.05) is 0 Å². The largest absolute Gasteiger partial charge is 0.386 e. The van der Waals surface area contributed by atoms with Gasteiger partial charge in [0.2, 0.25) is 0 Å². The molecule has 0 aromatic heterocycles. The first-order valence-electron chi connectivity index (χ1n) is 6.20. The molecule has 0 unspecified atom stereocenters. The molecule has 7 heteroatoms. The van der Waals surface area contributed by atoms with Crippen molar-refractivity contribution in [2.75, 3.05) is 50.9 Å². The van der Waals surface area contributed by atoms with Crippen molar-refractivity contribution in [3.63, 3.8) is 0 Å². The number of ether oxygens (including phenoxy) is 1. The molecule has 2 saturated heterocycles. The van der Waals surface area contributed by atoms with Crippen molar-refractivity contribution in [1.29, 1.82) is 0 Å². The van der Waals surface area contributed by atoms with Crippen molar-refractivity contribution >= 4 is 9.84 Å². The number of aliphatic hydroxyl groups excluding tert-OH is 1. The standard InChI is InChI=1S/C10H20N2O4S/c13-10-8-17(14,15)7-9(10)11-1-2-12-3-5-16-6-4-12/h9-11,13H,1-8H2/p+2/t9-,10-/m0/s1. The summed E-state index contributed by atoms with van der Waals surface area (Å²) in [5, 5.41) is 11.6. The maximum atomic E-state index is 11.3. The van der Waals surface area contributed by atoms with Crippen LogP contribution >= 0.6 is 0 Å². The van der Waals surface area contributed by atoms with Gasteiger partial charge < -0.3 is 20.1 Å². The van der Waals surface area contributed by atoms with E-state index in [2.05, 4.69) is 0 Å². The third kappa shape index (κ3) is 3.89. The van der Waals surface area contributed by atoms with E-state index >= 15 is 0 Å². The smallest absolute Gasteiger partial charge is 0.159 e. The van der Waals surface area contributed by atoms with E-state index in [0.717, 1.165) is 39.4 Å². The predicted molar refractivity (Wildman–Crippen MR) is 61.6 cm³/mol. The monoisotopic (exact) mass is 266 g/mol. The number of sulfone groups is 1. The van der Waals surface area contributed by atoms with E-state index in [0.29, 0.717) is 0 Å². The van der Waals surface area contributed by atoms with E-state index in [1.807, 2.05) is 5.32 Å². The maximum absolute atomic E-state index is 11.3. The average molecular weight is 266 g/mol. The lowest BCUT2D eigenvalue weighted by Gasteiger charge is -2.23. The second-order valence-electron chi connectivity index (χ2n) is 4.94. The molecule has 2 rings (SSSR count). The van der Waals surface area contributed by atoms with Gasteiger partial charge in [-0.2, -0.15) is 0 Å². The molecule has 0 amide bonds. The Kier molecular flexibility index (Phi) is 4.37. The Morgan fingerprint density at radius 3 is 2.59 bits per heavy atom. The molecule has 2 aliphatic rings. The topological polar surface area (TPSA) is 84.7 Å². The number of quaternary nitrogens is 2. The minimum atomic E-state index is -3.01. The highest BCUT2D eigenvalue weighted by molar-refractivity contribution is 7.91. The lowest BCUT2D eigenvalue weighted by molar-refractivity contribution is -0.921. The Bertz CT molecular complexity index is 340. The van der Waals surface area contributed by atoms with Crippen molar-refractivity contribution in [2.24, 2.45) is 0 Å². The molecular formula is C10H22N2O4S+2. The highest BCUT2D eigenvalue weighted by Gasteiger charge is 2.39. The van der Waals surface area contributed by atoms with E-state index in [1.165, 1.54) is 4.90 Å². The zero-order valence-electron chi connectivity index (χ0n) is 9.97. The third-order valence-electron chi connectivity index (χ3n) is 3.53. The van der Waals surface area contributed by atoms with Gasteiger partial charge in [-0.3, -0.25) is 0 Å². The first-order chi connectivity index (χ1) is 8.07. The summed E-state index contributed by atoms with van der Waals surface area (Å²) < 4.78 is 27.9. The van der Waals surface area contributed by atoms with Crippen LogP contribution in [0.1, 0.15) is 0 Å². The van der Waals surface area contributed by atoms with E-state index in [1.54, 1.807) is 0 Å².